The van der Waals surface area contributed by atoms with Crippen LogP contribution < -0.4 is 0 Å². The Bertz CT molecular complexity index is 29.4. The minimum absolute atomic E-state index is 0.0177. The summed E-state index contributed by atoms with van der Waals surface area (Å²) >= 11 is 0. The van der Waals surface area contributed by atoms with E-state index in [9.17, 15) is 0 Å². The van der Waals surface area contributed by atoms with E-state index >= 15 is 0 Å². The summed E-state index contributed by atoms with van der Waals surface area (Å²) in [6, 6.07) is 0. The van der Waals surface area contributed by atoms with Gasteiger partial charge in [-0.2, -0.15) is 0 Å². The zero-order chi connectivity index (χ0) is 5.54. The Kier molecular flexibility index (Phi) is 6.59. The zero-order valence-corrected chi connectivity index (χ0v) is 5.18. The first-order valence-electron chi connectivity index (χ1n) is 2.01. The molecule has 0 aromatic heterocycles. The molecule has 0 aromatic carbocycles. The zero-order valence-electron chi connectivity index (χ0n) is 4.18. The summed E-state index contributed by atoms with van der Waals surface area (Å²) in [5.74, 6) is 0. The molecule has 0 aliphatic carbocycles. The van der Waals surface area contributed by atoms with Gasteiger partial charge in [-0.15, -0.1) is 0 Å². The lowest BCUT2D eigenvalue weighted by Gasteiger charge is -1.95. The van der Waals surface area contributed by atoms with Crippen LogP contribution in [0.5, 0.6) is 0 Å². The van der Waals surface area contributed by atoms with Crippen LogP contribution in [-0.2, 0) is 9.05 Å². The van der Waals surface area contributed by atoms with Crippen LogP contribution in [0.2, 0.25) is 0 Å². The molecule has 0 amide bonds. The van der Waals surface area contributed by atoms with E-state index in [0.717, 1.165) is 0 Å². The van der Waals surface area contributed by atoms with Gasteiger partial charge in [0.1, 0.15) is 6.79 Å². The average Bonchev–Trinajstić information content (AvgIpc) is 1.69. The summed E-state index contributed by atoms with van der Waals surface area (Å²) in [6.07, 6.45) is 0. The fourth-order valence-electron chi connectivity index (χ4n) is 0.127. The van der Waals surface area contributed by atoms with Gasteiger partial charge in [-0.25, -0.2) is 0 Å². The predicted molar refractivity (Wildman–Crippen MR) is 28.1 cm³/mol. The molecular weight excluding hydrogens is 115 g/mol. The number of aliphatic hydroxyl groups excluding tert-OH is 1. The third kappa shape index (κ3) is 6.31. The Labute approximate surface area is 44.6 Å². The van der Waals surface area contributed by atoms with Crippen LogP contribution in [0.4, 0.5) is 0 Å². The second-order valence-corrected chi connectivity index (χ2v) is 1.53. The summed E-state index contributed by atoms with van der Waals surface area (Å²) in [7, 11) is -0.0177. The second-order valence-electron chi connectivity index (χ2n) is 0.790. The van der Waals surface area contributed by atoms with Crippen molar-refractivity contribution in [1.82, 2.24) is 0 Å². The molecule has 0 radical (unpaired) electrons. The molecule has 1 unspecified atom stereocenters. The van der Waals surface area contributed by atoms with E-state index in [1.54, 1.807) is 0 Å². The van der Waals surface area contributed by atoms with E-state index in [0.29, 0.717) is 6.61 Å². The topological polar surface area (TPSA) is 38.7 Å². The maximum atomic E-state index is 8.00. The number of rotatable bonds is 4. The number of aliphatic hydroxyl groups is 1. The normalized spacial score (nSPS) is 11.1. The molecule has 44 valence electrons. The van der Waals surface area contributed by atoms with Crippen LogP contribution in [0.15, 0.2) is 0 Å². The largest absolute Gasteiger partial charge is 0.370 e. The monoisotopic (exact) mass is 124 g/mol. The van der Waals surface area contributed by atoms with Gasteiger partial charge < -0.3 is 14.2 Å². The Balaban J connectivity index is 2.45. The highest BCUT2D eigenvalue weighted by Crippen LogP contribution is 2.10. The second kappa shape index (κ2) is 6.31. The molecule has 0 heterocycles. The van der Waals surface area contributed by atoms with Crippen LogP contribution in [0, 0.1) is 0 Å². The minimum Gasteiger partial charge on any atom is -0.370 e. The van der Waals surface area contributed by atoms with Gasteiger partial charge in [0, 0.05) is 0 Å². The molecule has 4 heteroatoms. The van der Waals surface area contributed by atoms with Crippen molar-refractivity contribution < 1.29 is 14.2 Å². The molecule has 3 nitrogen and oxygen atoms in total. The van der Waals surface area contributed by atoms with Crippen molar-refractivity contribution in [2.24, 2.45) is 0 Å². The molecule has 7 heavy (non-hydrogen) atoms. The molecule has 0 saturated heterocycles. The van der Waals surface area contributed by atoms with Crippen molar-refractivity contribution in [2.45, 2.75) is 6.92 Å². The summed E-state index contributed by atoms with van der Waals surface area (Å²) in [5.41, 5.74) is 0. The predicted octanol–water partition coefficient (Wildman–Crippen LogP) is 0.498. The van der Waals surface area contributed by atoms with Gasteiger partial charge in [0.2, 0.25) is 0 Å². The Morgan fingerprint density at radius 2 is 2.29 bits per heavy atom. The lowest BCUT2D eigenvalue weighted by molar-refractivity contribution is 0.0999. The van der Waals surface area contributed by atoms with Gasteiger partial charge in [-0.05, 0) is 6.92 Å². The van der Waals surface area contributed by atoms with Crippen LogP contribution >= 0.6 is 9.03 Å². The SMILES string of the molecule is CCOPOCO. The van der Waals surface area contributed by atoms with Crippen LogP contribution in [-0.4, -0.2) is 18.5 Å². The molecule has 0 rings (SSSR count). The van der Waals surface area contributed by atoms with Gasteiger partial charge in [0.25, 0.3) is 0 Å². The van der Waals surface area contributed by atoms with Crippen molar-refractivity contribution in [3.05, 3.63) is 0 Å². The summed E-state index contributed by atoms with van der Waals surface area (Å²) in [5, 5.41) is 8.00. The fraction of sp³-hybridized carbons (Fsp3) is 1.00. The van der Waals surface area contributed by atoms with Gasteiger partial charge in [0.15, 0.2) is 9.03 Å². The third-order valence-corrected chi connectivity index (χ3v) is 0.980. The quantitative estimate of drug-likeness (QED) is 0.337. The summed E-state index contributed by atoms with van der Waals surface area (Å²) in [6.45, 7) is 2.25. The molecule has 0 saturated carbocycles. The van der Waals surface area contributed by atoms with Gasteiger partial charge in [0.05, 0.1) is 6.61 Å². The molecule has 0 aromatic rings. The highest BCUT2D eigenvalue weighted by molar-refractivity contribution is 7.26. The first kappa shape index (κ1) is 7.31. The molecule has 0 spiro atoms. The molecule has 0 aliphatic rings. The van der Waals surface area contributed by atoms with E-state index in [4.69, 9.17) is 9.63 Å². The van der Waals surface area contributed by atoms with Crippen LogP contribution in [0.25, 0.3) is 0 Å². The molecular formula is C3H9O3P. The molecule has 1 atom stereocenters. The molecule has 0 fully saturated rings. The van der Waals surface area contributed by atoms with E-state index in [1.807, 2.05) is 6.92 Å². The van der Waals surface area contributed by atoms with Gasteiger partial charge >= 0.3 is 0 Å². The average molecular weight is 124 g/mol. The van der Waals surface area contributed by atoms with E-state index < -0.39 is 0 Å². The van der Waals surface area contributed by atoms with Gasteiger partial charge in [-0.3, -0.25) is 0 Å². The fourth-order valence-corrected chi connectivity index (χ4v) is 0.381. The highest BCUT2D eigenvalue weighted by atomic mass is 31.1. The smallest absolute Gasteiger partial charge is 0.157 e. The maximum absolute atomic E-state index is 8.00. The van der Waals surface area contributed by atoms with Crippen molar-refractivity contribution in [1.29, 1.82) is 0 Å². The Morgan fingerprint density at radius 3 is 2.71 bits per heavy atom. The van der Waals surface area contributed by atoms with Gasteiger partial charge in [-0.1, -0.05) is 0 Å². The minimum atomic E-state index is -0.252. The van der Waals surface area contributed by atoms with Crippen LogP contribution in [0.3, 0.4) is 0 Å². The van der Waals surface area contributed by atoms with Crippen molar-refractivity contribution in [3.63, 3.8) is 0 Å². The first-order valence-corrected chi connectivity index (χ1v) is 2.83. The number of hydrogen-bond donors (Lipinski definition) is 1. The van der Waals surface area contributed by atoms with E-state index in [-0.39, 0.29) is 15.8 Å². The lowest BCUT2D eigenvalue weighted by Crippen LogP contribution is -1.81. The Hall–Kier alpha value is 0.310. The van der Waals surface area contributed by atoms with E-state index in [1.165, 1.54) is 0 Å². The van der Waals surface area contributed by atoms with Crippen molar-refractivity contribution in [2.75, 3.05) is 13.4 Å². The van der Waals surface area contributed by atoms with E-state index in [2.05, 4.69) is 4.52 Å². The summed E-state index contributed by atoms with van der Waals surface area (Å²) in [4.78, 5) is 0. The number of hydrogen-bond acceptors (Lipinski definition) is 3. The standard InChI is InChI=1S/C3H9O3P/c1-2-5-7-6-3-4/h4,7H,2-3H2,1H3. The first-order chi connectivity index (χ1) is 3.41. The highest BCUT2D eigenvalue weighted by Gasteiger charge is 1.78. The lowest BCUT2D eigenvalue weighted by atomic mass is 10.9. The molecule has 0 aliphatic heterocycles. The maximum Gasteiger partial charge on any atom is 0.157 e. The Morgan fingerprint density at radius 1 is 1.57 bits per heavy atom. The van der Waals surface area contributed by atoms with Crippen molar-refractivity contribution in [3.8, 4) is 0 Å². The summed E-state index contributed by atoms with van der Waals surface area (Å²) < 4.78 is 9.15. The van der Waals surface area contributed by atoms with Crippen molar-refractivity contribution >= 4 is 9.03 Å². The molecule has 0 bridgehead atoms. The van der Waals surface area contributed by atoms with Crippen LogP contribution in [0.1, 0.15) is 6.92 Å². The molecule has 1 N–H and O–H groups in total. The third-order valence-electron chi connectivity index (χ3n) is 0.327.